The summed E-state index contributed by atoms with van der Waals surface area (Å²) in [5, 5.41) is 19.0. The molecular weight excluding hydrogens is 224 g/mol. The number of amides is 1. The van der Waals surface area contributed by atoms with Crippen molar-refractivity contribution in [1.82, 2.24) is 20.1 Å². The Kier molecular flexibility index (Phi) is 3.08. The number of hydrogen-bond donors (Lipinski definition) is 2. The highest BCUT2D eigenvalue weighted by atomic mass is 16.4. The van der Waals surface area contributed by atoms with Crippen LogP contribution in [0.1, 0.15) is 19.2 Å². The SMILES string of the molecule is CCn1cnnc1CNC(=O)C1CC1C(=O)O. The van der Waals surface area contributed by atoms with Crippen LogP contribution < -0.4 is 5.32 Å². The average Bonchev–Trinajstić information content (AvgIpc) is 2.99. The molecule has 1 fully saturated rings. The first-order valence-electron chi connectivity index (χ1n) is 5.50. The number of carbonyl (C=O) groups is 2. The number of carboxylic acid groups (broad SMARTS) is 1. The first-order chi connectivity index (χ1) is 8.13. The van der Waals surface area contributed by atoms with Gasteiger partial charge in [0.15, 0.2) is 5.82 Å². The van der Waals surface area contributed by atoms with Gasteiger partial charge in [-0.2, -0.15) is 0 Å². The molecule has 2 rings (SSSR count). The third-order valence-corrected chi connectivity index (χ3v) is 2.90. The molecule has 1 aromatic rings. The minimum absolute atomic E-state index is 0.219. The lowest BCUT2D eigenvalue weighted by atomic mass is 10.3. The van der Waals surface area contributed by atoms with Gasteiger partial charge < -0.3 is 15.0 Å². The molecule has 1 saturated carbocycles. The van der Waals surface area contributed by atoms with Crippen molar-refractivity contribution in [3.05, 3.63) is 12.2 Å². The van der Waals surface area contributed by atoms with E-state index in [4.69, 9.17) is 5.11 Å². The van der Waals surface area contributed by atoms with Crippen molar-refractivity contribution in [1.29, 1.82) is 0 Å². The monoisotopic (exact) mass is 238 g/mol. The molecule has 7 nitrogen and oxygen atoms in total. The normalized spacial score (nSPS) is 22.2. The number of nitrogens with zero attached hydrogens (tertiary/aromatic N) is 3. The molecule has 1 amide bonds. The smallest absolute Gasteiger partial charge is 0.307 e. The summed E-state index contributed by atoms with van der Waals surface area (Å²) in [6.07, 6.45) is 2.03. The van der Waals surface area contributed by atoms with Crippen LogP contribution in [0.3, 0.4) is 0 Å². The first kappa shape index (κ1) is 11.6. The van der Waals surface area contributed by atoms with Crippen LogP contribution in [0.5, 0.6) is 0 Å². The Morgan fingerprint density at radius 3 is 2.94 bits per heavy atom. The predicted octanol–water partition coefficient (Wildman–Crippen LogP) is -0.365. The van der Waals surface area contributed by atoms with Gasteiger partial charge in [0, 0.05) is 6.54 Å². The van der Waals surface area contributed by atoms with Crippen LogP contribution in [0.15, 0.2) is 6.33 Å². The summed E-state index contributed by atoms with van der Waals surface area (Å²) >= 11 is 0. The highest BCUT2D eigenvalue weighted by Gasteiger charge is 2.48. The molecule has 2 N–H and O–H groups in total. The van der Waals surface area contributed by atoms with E-state index < -0.39 is 11.9 Å². The molecule has 1 aliphatic carbocycles. The molecule has 1 heterocycles. The second-order valence-corrected chi connectivity index (χ2v) is 4.04. The molecule has 2 unspecified atom stereocenters. The van der Waals surface area contributed by atoms with E-state index in [2.05, 4.69) is 15.5 Å². The molecule has 0 bridgehead atoms. The lowest BCUT2D eigenvalue weighted by molar-refractivity contribution is -0.140. The van der Waals surface area contributed by atoms with Crippen molar-refractivity contribution in [3.8, 4) is 0 Å². The Morgan fingerprint density at radius 2 is 2.35 bits per heavy atom. The van der Waals surface area contributed by atoms with Crippen LogP contribution in [0, 0.1) is 11.8 Å². The zero-order valence-corrected chi connectivity index (χ0v) is 9.46. The van der Waals surface area contributed by atoms with Gasteiger partial charge in [0.05, 0.1) is 18.4 Å². The van der Waals surface area contributed by atoms with Gasteiger partial charge in [-0.1, -0.05) is 0 Å². The number of aromatic nitrogens is 3. The number of carboxylic acids is 1. The third kappa shape index (κ3) is 2.43. The van der Waals surface area contributed by atoms with Crippen LogP contribution in [-0.2, 0) is 22.7 Å². The van der Waals surface area contributed by atoms with Gasteiger partial charge in [0.1, 0.15) is 6.33 Å². The fourth-order valence-electron chi connectivity index (χ4n) is 1.73. The van der Waals surface area contributed by atoms with Crippen LogP contribution >= 0.6 is 0 Å². The van der Waals surface area contributed by atoms with Gasteiger partial charge in [-0.15, -0.1) is 10.2 Å². The zero-order valence-electron chi connectivity index (χ0n) is 9.46. The topological polar surface area (TPSA) is 97.1 Å². The maximum atomic E-state index is 11.6. The second-order valence-electron chi connectivity index (χ2n) is 4.04. The van der Waals surface area contributed by atoms with E-state index in [1.807, 2.05) is 11.5 Å². The second kappa shape index (κ2) is 4.52. The number of aryl methyl sites for hydroxylation is 1. The van der Waals surface area contributed by atoms with E-state index >= 15 is 0 Å². The number of nitrogens with one attached hydrogen (secondary N) is 1. The van der Waals surface area contributed by atoms with Gasteiger partial charge in [-0.3, -0.25) is 9.59 Å². The van der Waals surface area contributed by atoms with Crippen molar-refractivity contribution >= 4 is 11.9 Å². The maximum absolute atomic E-state index is 11.6. The van der Waals surface area contributed by atoms with Gasteiger partial charge in [0.2, 0.25) is 5.91 Å². The molecule has 1 aliphatic rings. The molecule has 0 aliphatic heterocycles. The van der Waals surface area contributed by atoms with Gasteiger partial charge in [-0.05, 0) is 13.3 Å². The molecule has 17 heavy (non-hydrogen) atoms. The number of aliphatic carboxylic acids is 1. The van der Waals surface area contributed by atoms with Crippen LogP contribution in [-0.4, -0.2) is 31.7 Å². The molecule has 92 valence electrons. The Morgan fingerprint density at radius 1 is 1.59 bits per heavy atom. The molecule has 0 spiro atoms. The van der Waals surface area contributed by atoms with Crippen molar-refractivity contribution in [2.75, 3.05) is 0 Å². The fraction of sp³-hybridized carbons (Fsp3) is 0.600. The fourth-order valence-corrected chi connectivity index (χ4v) is 1.73. The molecule has 0 saturated heterocycles. The summed E-state index contributed by atoms with van der Waals surface area (Å²) in [6.45, 7) is 2.98. The van der Waals surface area contributed by atoms with E-state index in [-0.39, 0.29) is 18.4 Å². The van der Waals surface area contributed by atoms with Crippen molar-refractivity contribution in [3.63, 3.8) is 0 Å². The van der Waals surface area contributed by atoms with E-state index in [9.17, 15) is 9.59 Å². The van der Waals surface area contributed by atoms with E-state index in [0.717, 1.165) is 6.54 Å². The summed E-state index contributed by atoms with van der Waals surface area (Å²) in [5.74, 6) is -1.34. The zero-order chi connectivity index (χ0) is 12.4. The van der Waals surface area contributed by atoms with Crippen molar-refractivity contribution < 1.29 is 14.7 Å². The Hall–Kier alpha value is -1.92. The van der Waals surface area contributed by atoms with Crippen molar-refractivity contribution in [2.24, 2.45) is 11.8 Å². The predicted molar refractivity (Wildman–Crippen MR) is 56.8 cm³/mol. The van der Waals surface area contributed by atoms with Crippen LogP contribution in [0.4, 0.5) is 0 Å². The molecule has 1 aromatic heterocycles. The molecule has 0 aromatic carbocycles. The highest BCUT2D eigenvalue weighted by molar-refractivity contribution is 5.89. The standard InChI is InChI=1S/C10H14N4O3/c1-2-14-5-12-13-8(14)4-11-9(15)6-3-7(6)10(16)17/h5-7H,2-4H2,1H3,(H,11,15)(H,16,17). The molecule has 2 atom stereocenters. The van der Waals surface area contributed by atoms with E-state index in [1.165, 1.54) is 0 Å². The minimum Gasteiger partial charge on any atom is -0.481 e. The quantitative estimate of drug-likeness (QED) is 0.729. The van der Waals surface area contributed by atoms with E-state index in [0.29, 0.717) is 12.2 Å². The summed E-state index contributed by atoms with van der Waals surface area (Å²) in [7, 11) is 0. The average molecular weight is 238 g/mol. The minimum atomic E-state index is -0.901. The van der Waals surface area contributed by atoms with Gasteiger partial charge in [-0.25, -0.2) is 0 Å². The molecule has 7 heteroatoms. The van der Waals surface area contributed by atoms with Crippen LogP contribution in [0.2, 0.25) is 0 Å². The van der Waals surface area contributed by atoms with Gasteiger partial charge in [0.25, 0.3) is 0 Å². The number of carbonyl (C=O) groups excluding carboxylic acids is 1. The summed E-state index contributed by atoms with van der Waals surface area (Å²) < 4.78 is 1.82. The summed E-state index contributed by atoms with van der Waals surface area (Å²) in [5.41, 5.74) is 0. The Bertz CT molecular complexity index is 443. The number of hydrogen-bond acceptors (Lipinski definition) is 4. The maximum Gasteiger partial charge on any atom is 0.307 e. The third-order valence-electron chi connectivity index (χ3n) is 2.90. The van der Waals surface area contributed by atoms with Crippen molar-refractivity contribution in [2.45, 2.75) is 26.4 Å². The first-order valence-corrected chi connectivity index (χ1v) is 5.50. The molecule has 0 radical (unpaired) electrons. The van der Waals surface area contributed by atoms with E-state index in [1.54, 1.807) is 6.33 Å². The Balaban J connectivity index is 1.83. The largest absolute Gasteiger partial charge is 0.481 e. The number of rotatable bonds is 5. The van der Waals surface area contributed by atoms with Crippen LogP contribution in [0.25, 0.3) is 0 Å². The lowest BCUT2D eigenvalue weighted by Crippen LogP contribution is -2.27. The summed E-state index contributed by atoms with van der Waals surface area (Å²) in [4.78, 5) is 22.2. The lowest BCUT2D eigenvalue weighted by Gasteiger charge is -2.05. The summed E-state index contributed by atoms with van der Waals surface area (Å²) in [6, 6.07) is 0. The Labute approximate surface area is 97.8 Å². The highest BCUT2D eigenvalue weighted by Crippen LogP contribution is 2.38. The van der Waals surface area contributed by atoms with Gasteiger partial charge >= 0.3 is 5.97 Å². The molecular formula is C10H14N4O3.